The van der Waals surface area contributed by atoms with E-state index in [0.717, 1.165) is 25.7 Å². The maximum Gasteiger partial charge on any atom is 0.416 e. The highest BCUT2D eigenvalue weighted by Crippen LogP contribution is 2.32. The predicted octanol–water partition coefficient (Wildman–Crippen LogP) is 2.75. The van der Waals surface area contributed by atoms with Crippen LogP contribution in [-0.2, 0) is 12.7 Å². The Labute approximate surface area is 106 Å². The van der Waals surface area contributed by atoms with Gasteiger partial charge < -0.3 is 10.2 Å². The minimum Gasteiger partial charge on any atom is -0.316 e. The third kappa shape index (κ3) is 4.66. The van der Waals surface area contributed by atoms with E-state index < -0.39 is 11.7 Å². The molecule has 1 rings (SSSR count). The average molecular weight is 260 g/mol. The number of alkyl halides is 3. The van der Waals surface area contributed by atoms with Crippen molar-refractivity contribution in [3.63, 3.8) is 0 Å². The molecule has 1 aromatic carbocycles. The number of likely N-dealkylation sites (N-methyl/N-ethyl adjacent to an activating group) is 2. The van der Waals surface area contributed by atoms with E-state index in [2.05, 4.69) is 5.32 Å². The Kier molecular flexibility index (Phi) is 5.62. The highest BCUT2D eigenvalue weighted by molar-refractivity contribution is 5.29. The lowest BCUT2D eigenvalue weighted by molar-refractivity contribution is -0.138. The van der Waals surface area contributed by atoms with Gasteiger partial charge in [-0.05, 0) is 25.2 Å². The summed E-state index contributed by atoms with van der Waals surface area (Å²) in [6.07, 6.45) is -4.28. The lowest BCUT2D eigenvalue weighted by Crippen LogP contribution is -2.29. The molecule has 0 unspecified atom stereocenters. The van der Waals surface area contributed by atoms with Crippen LogP contribution in [0.3, 0.4) is 0 Å². The molecular formula is C13H19F3N2. The van der Waals surface area contributed by atoms with E-state index in [4.69, 9.17) is 0 Å². The van der Waals surface area contributed by atoms with Crippen LogP contribution in [0, 0.1) is 0 Å². The van der Waals surface area contributed by atoms with Gasteiger partial charge in [0.1, 0.15) is 0 Å². The van der Waals surface area contributed by atoms with Crippen molar-refractivity contribution in [2.45, 2.75) is 19.6 Å². The predicted molar refractivity (Wildman–Crippen MR) is 66.3 cm³/mol. The Bertz CT molecular complexity index is 363. The Morgan fingerprint density at radius 2 is 1.89 bits per heavy atom. The lowest BCUT2D eigenvalue weighted by Gasteiger charge is -2.19. The summed E-state index contributed by atoms with van der Waals surface area (Å²) in [7, 11) is 1.82. The standard InChI is InChI=1S/C13H19F3N2/c1-3-17-8-9-18(2)10-11-6-4-5-7-12(11)13(14,15)16/h4-7,17H,3,8-10H2,1-2H3. The molecule has 0 amide bonds. The van der Waals surface area contributed by atoms with E-state index in [9.17, 15) is 13.2 Å². The van der Waals surface area contributed by atoms with E-state index >= 15 is 0 Å². The number of hydrogen-bond acceptors (Lipinski definition) is 2. The Morgan fingerprint density at radius 1 is 1.22 bits per heavy atom. The van der Waals surface area contributed by atoms with Crippen LogP contribution in [0.5, 0.6) is 0 Å². The van der Waals surface area contributed by atoms with Gasteiger partial charge in [-0.15, -0.1) is 0 Å². The molecule has 0 aliphatic carbocycles. The zero-order valence-electron chi connectivity index (χ0n) is 10.7. The molecule has 5 heteroatoms. The number of benzene rings is 1. The highest BCUT2D eigenvalue weighted by Gasteiger charge is 2.32. The third-order valence-corrected chi connectivity index (χ3v) is 2.68. The zero-order chi connectivity index (χ0) is 13.6. The number of hydrogen-bond donors (Lipinski definition) is 1. The first-order chi connectivity index (χ1) is 8.45. The molecule has 0 aliphatic heterocycles. The molecule has 1 N–H and O–H groups in total. The van der Waals surface area contributed by atoms with Gasteiger partial charge in [-0.3, -0.25) is 0 Å². The van der Waals surface area contributed by atoms with Crippen molar-refractivity contribution < 1.29 is 13.2 Å². The van der Waals surface area contributed by atoms with Gasteiger partial charge in [0.2, 0.25) is 0 Å². The van der Waals surface area contributed by atoms with Gasteiger partial charge in [0, 0.05) is 19.6 Å². The van der Waals surface area contributed by atoms with Crippen molar-refractivity contribution in [1.29, 1.82) is 0 Å². The second-order valence-electron chi connectivity index (χ2n) is 4.25. The third-order valence-electron chi connectivity index (χ3n) is 2.68. The van der Waals surface area contributed by atoms with Crippen LogP contribution in [0.1, 0.15) is 18.1 Å². The van der Waals surface area contributed by atoms with Crippen molar-refractivity contribution in [3.05, 3.63) is 35.4 Å². The smallest absolute Gasteiger partial charge is 0.316 e. The summed E-state index contributed by atoms with van der Waals surface area (Å²) in [5.41, 5.74) is -0.218. The minimum absolute atomic E-state index is 0.307. The van der Waals surface area contributed by atoms with E-state index in [1.807, 2.05) is 18.9 Å². The topological polar surface area (TPSA) is 15.3 Å². The van der Waals surface area contributed by atoms with Gasteiger partial charge in [-0.2, -0.15) is 13.2 Å². The Balaban J connectivity index is 2.66. The summed E-state index contributed by atoms with van der Waals surface area (Å²) in [6.45, 7) is 4.67. The van der Waals surface area contributed by atoms with Gasteiger partial charge in [0.15, 0.2) is 0 Å². The average Bonchev–Trinajstić information content (AvgIpc) is 2.28. The normalized spacial score (nSPS) is 12.1. The Hall–Kier alpha value is -1.07. The summed E-state index contributed by atoms with van der Waals surface area (Å²) < 4.78 is 38.3. The zero-order valence-corrected chi connectivity index (χ0v) is 10.7. The van der Waals surface area contributed by atoms with E-state index in [1.54, 1.807) is 6.07 Å². The van der Waals surface area contributed by atoms with Crippen LogP contribution in [0.2, 0.25) is 0 Å². The molecule has 2 nitrogen and oxygen atoms in total. The molecular weight excluding hydrogens is 241 g/mol. The molecule has 18 heavy (non-hydrogen) atoms. The highest BCUT2D eigenvalue weighted by atomic mass is 19.4. The molecule has 0 atom stereocenters. The van der Waals surface area contributed by atoms with Crippen LogP contribution >= 0.6 is 0 Å². The molecule has 0 bridgehead atoms. The van der Waals surface area contributed by atoms with Crippen molar-refractivity contribution in [2.24, 2.45) is 0 Å². The lowest BCUT2D eigenvalue weighted by atomic mass is 10.1. The fraction of sp³-hybridized carbons (Fsp3) is 0.538. The van der Waals surface area contributed by atoms with E-state index in [1.165, 1.54) is 12.1 Å². The fourth-order valence-corrected chi connectivity index (χ4v) is 1.75. The van der Waals surface area contributed by atoms with Gasteiger partial charge in [-0.1, -0.05) is 25.1 Å². The molecule has 0 spiro atoms. The molecule has 0 saturated carbocycles. The van der Waals surface area contributed by atoms with E-state index in [-0.39, 0.29) is 0 Å². The van der Waals surface area contributed by atoms with Crippen LogP contribution < -0.4 is 5.32 Å². The van der Waals surface area contributed by atoms with Crippen LogP contribution in [0.4, 0.5) is 13.2 Å². The number of halogens is 3. The fourth-order valence-electron chi connectivity index (χ4n) is 1.75. The number of rotatable bonds is 6. The molecule has 0 aromatic heterocycles. The van der Waals surface area contributed by atoms with Crippen molar-refractivity contribution in [2.75, 3.05) is 26.7 Å². The number of nitrogens with zero attached hydrogens (tertiary/aromatic N) is 1. The first-order valence-electron chi connectivity index (χ1n) is 5.99. The van der Waals surface area contributed by atoms with Crippen LogP contribution in [0.15, 0.2) is 24.3 Å². The largest absolute Gasteiger partial charge is 0.416 e. The van der Waals surface area contributed by atoms with Crippen LogP contribution in [0.25, 0.3) is 0 Å². The monoisotopic (exact) mass is 260 g/mol. The molecule has 102 valence electrons. The first kappa shape index (κ1) is 15.0. The molecule has 0 fully saturated rings. The van der Waals surface area contributed by atoms with Crippen molar-refractivity contribution in [1.82, 2.24) is 10.2 Å². The van der Waals surface area contributed by atoms with Crippen molar-refractivity contribution in [3.8, 4) is 0 Å². The molecule has 1 aromatic rings. The van der Waals surface area contributed by atoms with Gasteiger partial charge >= 0.3 is 6.18 Å². The first-order valence-corrected chi connectivity index (χ1v) is 5.99. The second kappa shape index (κ2) is 6.75. The summed E-state index contributed by atoms with van der Waals surface area (Å²) in [6, 6.07) is 5.73. The van der Waals surface area contributed by atoms with Crippen molar-refractivity contribution >= 4 is 0 Å². The minimum atomic E-state index is -4.28. The summed E-state index contributed by atoms with van der Waals surface area (Å²) in [4.78, 5) is 1.88. The molecule has 0 heterocycles. The van der Waals surface area contributed by atoms with Gasteiger partial charge in [0.25, 0.3) is 0 Å². The van der Waals surface area contributed by atoms with Gasteiger partial charge in [-0.25, -0.2) is 0 Å². The summed E-state index contributed by atoms with van der Waals surface area (Å²) >= 11 is 0. The van der Waals surface area contributed by atoms with E-state index in [0.29, 0.717) is 12.1 Å². The molecule has 0 radical (unpaired) electrons. The Morgan fingerprint density at radius 3 is 2.50 bits per heavy atom. The second-order valence-corrected chi connectivity index (χ2v) is 4.25. The molecule has 0 saturated heterocycles. The number of nitrogens with one attached hydrogen (secondary N) is 1. The SMILES string of the molecule is CCNCCN(C)Cc1ccccc1C(F)(F)F. The maximum atomic E-state index is 12.8. The molecule has 0 aliphatic rings. The summed E-state index contributed by atoms with van der Waals surface area (Å²) in [5, 5.41) is 3.15. The quantitative estimate of drug-likeness (QED) is 0.791. The van der Waals surface area contributed by atoms with Crippen LogP contribution in [-0.4, -0.2) is 31.6 Å². The van der Waals surface area contributed by atoms with Gasteiger partial charge in [0.05, 0.1) is 5.56 Å². The summed E-state index contributed by atoms with van der Waals surface area (Å²) in [5.74, 6) is 0. The maximum absolute atomic E-state index is 12.8.